The van der Waals surface area contributed by atoms with Gasteiger partial charge in [-0.2, -0.15) is 0 Å². The highest BCUT2D eigenvalue weighted by molar-refractivity contribution is 6.43. The van der Waals surface area contributed by atoms with Crippen molar-refractivity contribution in [2.45, 2.75) is 40.3 Å². The Morgan fingerprint density at radius 1 is 0.974 bits per heavy atom. The lowest BCUT2D eigenvalue weighted by atomic mass is 9.99. The molecule has 1 atom stereocenters. The number of benzene rings is 2. The summed E-state index contributed by atoms with van der Waals surface area (Å²) >= 11 is 12.6. The van der Waals surface area contributed by atoms with Crippen molar-refractivity contribution >= 4 is 45.8 Å². The van der Waals surface area contributed by atoms with Gasteiger partial charge in [0.15, 0.2) is 6.73 Å². The Hall–Kier alpha value is -2.74. The first-order valence-corrected chi connectivity index (χ1v) is 14.3. The number of esters is 1. The fraction of sp³-hybridized carbons (Fsp3) is 0.467. The number of aromatic nitrogens is 1. The van der Waals surface area contributed by atoms with Crippen molar-refractivity contribution in [1.82, 2.24) is 9.47 Å². The van der Waals surface area contributed by atoms with Gasteiger partial charge in [-0.05, 0) is 61.0 Å². The first kappa shape index (κ1) is 29.2. The van der Waals surface area contributed by atoms with Crippen LogP contribution in [0.1, 0.15) is 33.6 Å². The number of piperazine rings is 1. The van der Waals surface area contributed by atoms with Crippen molar-refractivity contribution in [2.24, 2.45) is 11.8 Å². The maximum absolute atomic E-state index is 12.6. The van der Waals surface area contributed by atoms with Gasteiger partial charge in [0.05, 0.1) is 33.8 Å². The van der Waals surface area contributed by atoms with E-state index in [4.69, 9.17) is 32.7 Å². The van der Waals surface area contributed by atoms with Crippen LogP contribution < -0.4 is 15.2 Å². The molecule has 0 saturated carbocycles. The third kappa shape index (κ3) is 7.47. The molecule has 210 valence electrons. The fourth-order valence-electron chi connectivity index (χ4n) is 4.60. The van der Waals surface area contributed by atoms with Crippen LogP contribution in [0.4, 0.5) is 5.69 Å². The molecule has 39 heavy (non-hydrogen) atoms. The van der Waals surface area contributed by atoms with Gasteiger partial charge in [-0.3, -0.25) is 19.1 Å². The predicted octanol–water partition coefficient (Wildman–Crippen LogP) is 6.08. The number of fused-ring (bicyclic) bond motifs is 1. The van der Waals surface area contributed by atoms with E-state index in [0.717, 1.165) is 56.6 Å². The number of ether oxygens (including phenoxy) is 2. The molecular weight excluding hydrogens is 537 g/mol. The van der Waals surface area contributed by atoms with Crippen molar-refractivity contribution in [3.05, 3.63) is 68.9 Å². The molecule has 0 spiro atoms. The molecule has 0 N–H and O–H groups in total. The summed E-state index contributed by atoms with van der Waals surface area (Å²) in [5, 5.41) is 2.09. The standard InChI is InChI=1S/C30H37Cl2N3O4/c1-21(2)22(3)30(37)39-20-35-27-19-24(11-9-23(27)10-12-28(35)36)38-18-5-4-13-33-14-16-34(17-15-33)26-8-6-7-25(31)29(26)32/h6-12,19,21-22H,4-5,13-18,20H2,1-3H3. The Bertz CT molecular complexity index is 1340. The van der Waals surface area contributed by atoms with Gasteiger partial charge in [0, 0.05) is 38.3 Å². The number of nitrogens with zero attached hydrogens (tertiary/aromatic N) is 3. The van der Waals surface area contributed by atoms with Crippen molar-refractivity contribution in [1.29, 1.82) is 0 Å². The van der Waals surface area contributed by atoms with Crippen LogP contribution in [0.5, 0.6) is 5.75 Å². The SMILES string of the molecule is CC(C)C(C)C(=O)OCn1c(=O)ccc2ccc(OCCCCN3CCN(c4cccc(Cl)c4Cl)CC3)cc21. The lowest BCUT2D eigenvalue weighted by molar-refractivity contribution is -0.153. The number of carbonyl (C=O) groups excluding carboxylic acids is 1. The second kappa shape index (κ2) is 13.6. The van der Waals surface area contributed by atoms with Crippen LogP contribution in [0.25, 0.3) is 10.9 Å². The molecule has 1 aliphatic rings. The summed E-state index contributed by atoms with van der Waals surface area (Å²) in [5.41, 5.74) is 1.46. The number of halogens is 2. The lowest BCUT2D eigenvalue weighted by Crippen LogP contribution is -2.46. The van der Waals surface area contributed by atoms with Crippen LogP contribution in [0.2, 0.25) is 10.0 Å². The van der Waals surface area contributed by atoms with E-state index in [-0.39, 0.29) is 30.1 Å². The van der Waals surface area contributed by atoms with E-state index >= 15 is 0 Å². The zero-order chi connectivity index (χ0) is 27.9. The van der Waals surface area contributed by atoms with Crippen LogP contribution in [0.3, 0.4) is 0 Å². The van der Waals surface area contributed by atoms with Gasteiger partial charge >= 0.3 is 5.97 Å². The molecule has 1 aromatic heterocycles. The molecule has 1 aliphatic heterocycles. The first-order chi connectivity index (χ1) is 18.7. The third-order valence-electron chi connectivity index (χ3n) is 7.45. The molecule has 9 heteroatoms. The minimum atomic E-state index is -0.309. The lowest BCUT2D eigenvalue weighted by Gasteiger charge is -2.36. The van der Waals surface area contributed by atoms with Crippen molar-refractivity contribution < 1.29 is 14.3 Å². The van der Waals surface area contributed by atoms with E-state index in [2.05, 4.69) is 9.80 Å². The summed E-state index contributed by atoms with van der Waals surface area (Å²) in [6, 6.07) is 14.7. The summed E-state index contributed by atoms with van der Waals surface area (Å²) < 4.78 is 12.9. The summed E-state index contributed by atoms with van der Waals surface area (Å²) in [7, 11) is 0. The zero-order valence-electron chi connectivity index (χ0n) is 22.9. The van der Waals surface area contributed by atoms with E-state index in [9.17, 15) is 9.59 Å². The Morgan fingerprint density at radius 3 is 2.46 bits per heavy atom. The van der Waals surface area contributed by atoms with Crippen LogP contribution in [0, 0.1) is 11.8 Å². The quantitative estimate of drug-likeness (QED) is 0.204. The molecule has 0 amide bonds. The number of hydrogen-bond acceptors (Lipinski definition) is 6. The van der Waals surface area contributed by atoms with E-state index in [1.54, 1.807) is 6.07 Å². The third-order valence-corrected chi connectivity index (χ3v) is 8.26. The molecule has 4 rings (SSSR count). The molecule has 1 saturated heterocycles. The number of pyridine rings is 1. The number of anilines is 1. The summed E-state index contributed by atoms with van der Waals surface area (Å²) in [4.78, 5) is 29.6. The second-order valence-corrected chi connectivity index (χ2v) is 11.2. The summed E-state index contributed by atoms with van der Waals surface area (Å²) in [6.45, 7) is 11.0. The number of carbonyl (C=O) groups is 1. The zero-order valence-corrected chi connectivity index (χ0v) is 24.4. The average molecular weight is 575 g/mol. The Kier molecular flexibility index (Phi) is 10.2. The van der Waals surface area contributed by atoms with Crippen LogP contribution in [-0.2, 0) is 16.3 Å². The minimum Gasteiger partial charge on any atom is -0.494 e. The number of unbranched alkanes of at least 4 members (excludes halogenated alkanes) is 1. The van der Waals surface area contributed by atoms with Crippen LogP contribution in [0.15, 0.2) is 53.3 Å². The average Bonchev–Trinajstić information content (AvgIpc) is 2.93. The summed E-state index contributed by atoms with van der Waals surface area (Å²) in [6.07, 6.45) is 1.95. The van der Waals surface area contributed by atoms with Gasteiger partial charge in [-0.15, -0.1) is 0 Å². The molecule has 1 unspecified atom stereocenters. The molecule has 0 aliphatic carbocycles. The maximum atomic E-state index is 12.6. The molecule has 7 nitrogen and oxygen atoms in total. The van der Waals surface area contributed by atoms with Crippen molar-refractivity contribution in [2.75, 3.05) is 44.2 Å². The normalized spacial score (nSPS) is 15.1. The van der Waals surface area contributed by atoms with Gasteiger partial charge in [0.2, 0.25) is 0 Å². The molecule has 0 radical (unpaired) electrons. The van der Waals surface area contributed by atoms with E-state index in [0.29, 0.717) is 27.9 Å². The van der Waals surface area contributed by atoms with E-state index in [1.807, 2.05) is 57.2 Å². The Balaban J connectivity index is 1.25. The Labute approximate surface area is 240 Å². The molecule has 3 aromatic rings. The molecule has 1 fully saturated rings. The number of rotatable bonds is 11. The minimum absolute atomic E-state index is 0.119. The Morgan fingerprint density at radius 2 is 1.72 bits per heavy atom. The van der Waals surface area contributed by atoms with Gasteiger partial charge in [-0.1, -0.05) is 50.0 Å². The van der Waals surface area contributed by atoms with Gasteiger partial charge in [-0.25, -0.2) is 0 Å². The first-order valence-electron chi connectivity index (χ1n) is 13.6. The van der Waals surface area contributed by atoms with E-state index < -0.39 is 0 Å². The van der Waals surface area contributed by atoms with Crippen molar-refractivity contribution in [3.63, 3.8) is 0 Å². The van der Waals surface area contributed by atoms with Crippen molar-refractivity contribution in [3.8, 4) is 5.75 Å². The van der Waals surface area contributed by atoms with Crippen LogP contribution in [-0.4, -0.2) is 54.8 Å². The van der Waals surface area contributed by atoms with Crippen LogP contribution >= 0.6 is 23.2 Å². The van der Waals surface area contributed by atoms with E-state index in [1.165, 1.54) is 10.6 Å². The highest BCUT2D eigenvalue weighted by Gasteiger charge is 2.20. The molecule has 2 aromatic carbocycles. The highest BCUT2D eigenvalue weighted by Crippen LogP contribution is 2.33. The largest absolute Gasteiger partial charge is 0.494 e. The predicted molar refractivity (Wildman–Crippen MR) is 158 cm³/mol. The number of hydrogen-bond donors (Lipinski definition) is 0. The summed E-state index contributed by atoms with van der Waals surface area (Å²) in [5.74, 6) is 0.311. The molecule has 0 bridgehead atoms. The van der Waals surface area contributed by atoms with Gasteiger partial charge < -0.3 is 14.4 Å². The monoisotopic (exact) mass is 573 g/mol. The maximum Gasteiger partial charge on any atom is 0.310 e. The molecule has 2 heterocycles. The fourth-order valence-corrected chi connectivity index (χ4v) is 5.01. The second-order valence-electron chi connectivity index (χ2n) is 10.4. The smallest absolute Gasteiger partial charge is 0.310 e. The highest BCUT2D eigenvalue weighted by atomic mass is 35.5. The van der Waals surface area contributed by atoms with Gasteiger partial charge in [0.25, 0.3) is 5.56 Å². The topological polar surface area (TPSA) is 64.0 Å². The van der Waals surface area contributed by atoms with Gasteiger partial charge in [0.1, 0.15) is 5.75 Å². The molecular formula is C30H37Cl2N3O4.